The average molecular weight is 567 g/mol. The summed E-state index contributed by atoms with van der Waals surface area (Å²) in [6.45, 7) is 5.52. The minimum Gasteiger partial charge on any atom is -0.491 e. The molecule has 2 aliphatic heterocycles. The van der Waals surface area contributed by atoms with Crippen LogP contribution in [0.2, 0.25) is 5.02 Å². The first-order chi connectivity index (χ1) is 19.4. The van der Waals surface area contributed by atoms with Crippen molar-refractivity contribution >= 4 is 29.0 Å². The highest BCUT2D eigenvalue weighted by Gasteiger charge is 2.42. The second-order valence-electron chi connectivity index (χ2n) is 10.2. The van der Waals surface area contributed by atoms with Crippen molar-refractivity contribution in [2.75, 3.05) is 44.3 Å². The van der Waals surface area contributed by atoms with Crippen molar-refractivity contribution in [3.63, 3.8) is 0 Å². The van der Waals surface area contributed by atoms with E-state index in [9.17, 15) is 9.59 Å². The Hall–Kier alpha value is -3.40. The van der Waals surface area contributed by atoms with Crippen molar-refractivity contribution in [1.82, 2.24) is 14.5 Å². The first kappa shape index (κ1) is 28.1. The maximum atomic E-state index is 12.1. The van der Waals surface area contributed by atoms with Gasteiger partial charge in [-0.3, -0.25) is 9.59 Å². The third kappa shape index (κ3) is 7.02. The number of halogens is 1. The van der Waals surface area contributed by atoms with E-state index in [1.54, 1.807) is 24.3 Å². The fourth-order valence-electron chi connectivity index (χ4n) is 5.07. The van der Waals surface area contributed by atoms with Gasteiger partial charge in [0.15, 0.2) is 5.79 Å². The molecule has 2 saturated heterocycles. The molecule has 1 amide bonds. The van der Waals surface area contributed by atoms with Crippen LogP contribution in [-0.2, 0) is 32.0 Å². The minimum absolute atomic E-state index is 0.204. The molecular weight excluding hydrogens is 532 g/mol. The largest absolute Gasteiger partial charge is 0.491 e. The topological polar surface area (TPSA) is 86.1 Å². The molecule has 2 unspecified atom stereocenters. The van der Waals surface area contributed by atoms with Crippen molar-refractivity contribution in [3.8, 4) is 5.75 Å². The standard InChI is InChI=1S/C30H35ClN4O5/c1-2-28(36)29(37)35-17-15-34(16-18-35)25-7-9-26(10-8-25)38-19-27-20-39-30(40-27,21-33-14-13-32-22-33)12-11-23-3-5-24(31)6-4-23/h3-10,13-14,22,27H,2,11-12,15-21H2,1H3. The summed E-state index contributed by atoms with van der Waals surface area (Å²) >= 11 is 6.04. The van der Waals surface area contributed by atoms with Crippen LogP contribution in [0, 0.1) is 0 Å². The molecule has 40 heavy (non-hydrogen) atoms. The fraction of sp³-hybridized carbons (Fsp3) is 0.433. The number of amides is 1. The van der Waals surface area contributed by atoms with E-state index in [2.05, 4.69) is 9.88 Å². The highest BCUT2D eigenvalue weighted by molar-refractivity contribution is 6.36. The molecule has 0 spiro atoms. The molecule has 0 radical (unpaired) electrons. The van der Waals surface area contributed by atoms with Crippen molar-refractivity contribution in [1.29, 1.82) is 0 Å². The number of ketones is 1. The number of imidazole rings is 1. The molecule has 0 N–H and O–H groups in total. The van der Waals surface area contributed by atoms with Gasteiger partial charge in [-0.15, -0.1) is 0 Å². The lowest BCUT2D eigenvalue weighted by molar-refractivity contribution is -0.184. The van der Waals surface area contributed by atoms with Crippen LogP contribution in [0.5, 0.6) is 5.75 Å². The maximum Gasteiger partial charge on any atom is 0.290 e. The highest BCUT2D eigenvalue weighted by atomic mass is 35.5. The zero-order valence-electron chi connectivity index (χ0n) is 22.7. The summed E-state index contributed by atoms with van der Waals surface area (Å²) in [6, 6.07) is 15.8. The number of ether oxygens (including phenoxy) is 3. The molecule has 0 aliphatic carbocycles. The minimum atomic E-state index is -0.774. The van der Waals surface area contributed by atoms with Gasteiger partial charge < -0.3 is 28.6 Å². The number of carbonyl (C=O) groups excluding carboxylic acids is 2. The Kier molecular flexibility index (Phi) is 9.04. The van der Waals surface area contributed by atoms with Gasteiger partial charge in [0.2, 0.25) is 5.78 Å². The number of aromatic nitrogens is 2. The Labute approximate surface area is 239 Å². The summed E-state index contributed by atoms with van der Waals surface area (Å²) in [6.07, 6.45) is 6.94. The van der Waals surface area contributed by atoms with Gasteiger partial charge >= 0.3 is 0 Å². The number of hydrogen-bond donors (Lipinski definition) is 0. The number of rotatable bonds is 11. The molecular formula is C30H35ClN4O5. The number of anilines is 1. The molecule has 212 valence electrons. The molecule has 2 fully saturated rings. The summed E-state index contributed by atoms with van der Waals surface area (Å²) in [5.41, 5.74) is 2.23. The Morgan fingerprint density at radius 1 is 1.07 bits per heavy atom. The normalized spacial score (nSPS) is 21.0. The van der Waals surface area contributed by atoms with Gasteiger partial charge in [-0.05, 0) is 48.4 Å². The van der Waals surface area contributed by atoms with Crippen LogP contribution in [0.1, 0.15) is 25.3 Å². The number of piperazine rings is 1. The zero-order valence-corrected chi connectivity index (χ0v) is 23.5. The third-order valence-electron chi connectivity index (χ3n) is 7.37. The first-order valence-corrected chi connectivity index (χ1v) is 14.1. The van der Waals surface area contributed by atoms with Crippen LogP contribution in [0.15, 0.2) is 67.3 Å². The number of benzene rings is 2. The van der Waals surface area contributed by atoms with E-state index in [4.69, 9.17) is 25.8 Å². The lowest BCUT2D eigenvalue weighted by Gasteiger charge is -2.35. The molecule has 2 aliphatic rings. The predicted octanol–water partition coefficient (Wildman–Crippen LogP) is 3.99. The number of nitrogens with zero attached hydrogens (tertiary/aromatic N) is 4. The summed E-state index contributed by atoms with van der Waals surface area (Å²) in [7, 11) is 0. The average Bonchev–Trinajstić information content (AvgIpc) is 3.66. The number of aryl methyl sites for hydroxylation is 1. The van der Waals surface area contributed by atoms with Crippen LogP contribution in [0.3, 0.4) is 0 Å². The van der Waals surface area contributed by atoms with Gasteiger partial charge in [-0.2, -0.15) is 0 Å². The molecule has 9 nitrogen and oxygen atoms in total. The van der Waals surface area contributed by atoms with Gasteiger partial charge in [-0.25, -0.2) is 4.98 Å². The van der Waals surface area contributed by atoms with Crippen molar-refractivity contribution < 1.29 is 23.8 Å². The van der Waals surface area contributed by atoms with Gasteiger partial charge in [0.05, 0.1) is 19.5 Å². The number of carbonyl (C=O) groups is 2. The Morgan fingerprint density at radius 2 is 1.82 bits per heavy atom. The molecule has 0 bridgehead atoms. The predicted molar refractivity (Wildman–Crippen MR) is 152 cm³/mol. The molecule has 3 heterocycles. The molecule has 0 saturated carbocycles. The van der Waals surface area contributed by atoms with E-state index in [1.807, 2.05) is 59.3 Å². The quantitative estimate of drug-likeness (QED) is 0.324. The highest BCUT2D eigenvalue weighted by Crippen LogP contribution is 2.32. The van der Waals surface area contributed by atoms with E-state index in [0.717, 1.165) is 22.9 Å². The smallest absolute Gasteiger partial charge is 0.290 e. The Bertz CT molecular complexity index is 1260. The summed E-state index contributed by atoms with van der Waals surface area (Å²) in [4.78, 5) is 31.9. The van der Waals surface area contributed by atoms with E-state index in [-0.39, 0.29) is 24.2 Å². The molecule has 10 heteroatoms. The second-order valence-corrected chi connectivity index (χ2v) is 10.6. The lowest BCUT2D eigenvalue weighted by Crippen LogP contribution is -2.50. The monoisotopic (exact) mass is 566 g/mol. The van der Waals surface area contributed by atoms with Crippen molar-refractivity contribution in [2.45, 2.75) is 44.6 Å². The summed E-state index contributed by atoms with van der Waals surface area (Å²) in [5.74, 6) is -0.720. The Balaban J connectivity index is 1.13. The van der Waals surface area contributed by atoms with Crippen LogP contribution < -0.4 is 9.64 Å². The van der Waals surface area contributed by atoms with Gasteiger partial charge in [-0.1, -0.05) is 30.7 Å². The third-order valence-corrected chi connectivity index (χ3v) is 7.62. The lowest BCUT2D eigenvalue weighted by atomic mass is 10.0. The van der Waals surface area contributed by atoms with Crippen molar-refractivity contribution in [2.24, 2.45) is 0 Å². The molecule has 1 aromatic heterocycles. The summed E-state index contributed by atoms with van der Waals surface area (Å²) < 4.78 is 20.8. The van der Waals surface area contributed by atoms with E-state index in [0.29, 0.717) is 52.4 Å². The van der Waals surface area contributed by atoms with E-state index >= 15 is 0 Å². The second kappa shape index (κ2) is 12.8. The summed E-state index contributed by atoms with van der Waals surface area (Å²) in [5, 5.41) is 0.717. The molecule has 5 rings (SSSR count). The van der Waals surface area contributed by atoms with Crippen LogP contribution >= 0.6 is 11.6 Å². The SMILES string of the molecule is CCC(=O)C(=O)N1CCN(c2ccc(OCC3COC(CCc4ccc(Cl)cc4)(Cn4ccnc4)O3)cc2)CC1. The van der Waals surface area contributed by atoms with Crippen LogP contribution in [0.4, 0.5) is 5.69 Å². The van der Waals surface area contributed by atoms with Gasteiger partial charge in [0, 0.05) is 62.1 Å². The van der Waals surface area contributed by atoms with Crippen LogP contribution in [0.25, 0.3) is 0 Å². The van der Waals surface area contributed by atoms with Gasteiger partial charge in [0.25, 0.3) is 5.91 Å². The number of Topliss-reactive ketones (excluding diaryl/α,β-unsaturated/α-hetero) is 1. The van der Waals surface area contributed by atoms with Crippen LogP contribution in [-0.4, -0.2) is 77.4 Å². The first-order valence-electron chi connectivity index (χ1n) is 13.7. The molecule has 2 atom stereocenters. The van der Waals surface area contributed by atoms with Crippen molar-refractivity contribution in [3.05, 3.63) is 77.8 Å². The fourth-order valence-corrected chi connectivity index (χ4v) is 5.20. The molecule has 3 aromatic rings. The number of hydrogen-bond acceptors (Lipinski definition) is 7. The maximum absolute atomic E-state index is 12.1. The Morgan fingerprint density at radius 3 is 2.50 bits per heavy atom. The van der Waals surface area contributed by atoms with E-state index < -0.39 is 5.79 Å². The zero-order chi connectivity index (χ0) is 28.0. The molecule has 2 aromatic carbocycles. The van der Waals surface area contributed by atoms with E-state index in [1.165, 1.54) is 5.56 Å². The van der Waals surface area contributed by atoms with Gasteiger partial charge in [0.1, 0.15) is 18.5 Å².